The van der Waals surface area contributed by atoms with Gasteiger partial charge in [0.1, 0.15) is 5.75 Å². The second kappa shape index (κ2) is 6.57. The van der Waals surface area contributed by atoms with Gasteiger partial charge in [-0.25, -0.2) is 0 Å². The topological polar surface area (TPSA) is 18.5 Å². The molecule has 0 radical (unpaired) electrons. The minimum Gasteiger partial charge on any atom is -0.466 e. The molecule has 0 bridgehead atoms. The first-order chi connectivity index (χ1) is 11.7. The smallest absolute Gasteiger partial charge is 0.188 e. The lowest BCUT2D eigenvalue weighted by Gasteiger charge is -2.49. The van der Waals surface area contributed by atoms with E-state index in [2.05, 4.69) is 25.3 Å². The third-order valence-electron chi connectivity index (χ3n) is 7.12. The van der Waals surface area contributed by atoms with Crippen molar-refractivity contribution >= 4 is 11.8 Å². The Morgan fingerprint density at radius 2 is 2.08 bits per heavy atom. The van der Waals surface area contributed by atoms with Gasteiger partial charge in [-0.1, -0.05) is 13.3 Å². The van der Waals surface area contributed by atoms with Crippen molar-refractivity contribution in [2.75, 3.05) is 20.2 Å². The molecule has 2 fully saturated rings. The average Bonchev–Trinajstić information content (AvgIpc) is 3.00. The van der Waals surface area contributed by atoms with E-state index in [1.54, 1.807) is 24.4 Å². The van der Waals surface area contributed by atoms with Gasteiger partial charge in [0.25, 0.3) is 0 Å². The molecule has 0 aliphatic heterocycles. The predicted octanol–water partition coefficient (Wildman–Crippen LogP) is 5.64. The zero-order valence-corrected chi connectivity index (χ0v) is 16.1. The average molecular weight is 347 g/mol. The zero-order chi connectivity index (χ0) is 16.7. The van der Waals surface area contributed by atoms with E-state index >= 15 is 0 Å². The van der Waals surface area contributed by atoms with Gasteiger partial charge in [-0.05, 0) is 91.2 Å². The fraction of sp³-hybridized carbons (Fsp3) is 0.714. The third kappa shape index (κ3) is 2.68. The van der Waals surface area contributed by atoms with Crippen molar-refractivity contribution in [1.29, 1.82) is 0 Å². The molecule has 3 heteroatoms. The minimum atomic E-state index is 0.332. The van der Waals surface area contributed by atoms with Gasteiger partial charge in [0.15, 0.2) is 6.79 Å². The molecule has 0 spiro atoms. The summed E-state index contributed by atoms with van der Waals surface area (Å²) in [6.07, 6.45) is 12.0. The first-order valence-corrected chi connectivity index (χ1v) is 10.7. The summed E-state index contributed by atoms with van der Waals surface area (Å²) in [5.41, 5.74) is 3.80. The lowest BCUT2D eigenvalue weighted by molar-refractivity contribution is 0.0481. The van der Waals surface area contributed by atoms with E-state index in [-0.39, 0.29) is 0 Å². The fourth-order valence-corrected chi connectivity index (χ4v) is 6.53. The highest BCUT2D eigenvalue weighted by Gasteiger charge is 2.50. The quantitative estimate of drug-likeness (QED) is 0.519. The number of rotatable bonds is 4. The van der Waals surface area contributed by atoms with Crippen LogP contribution in [0.1, 0.15) is 62.5 Å². The highest BCUT2D eigenvalue weighted by molar-refractivity contribution is 7.98. The van der Waals surface area contributed by atoms with Crippen LogP contribution in [0.2, 0.25) is 0 Å². The van der Waals surface area contributed by atoms with Gasteiger partial charge in [-0.3, -0.25) is 0 Å². The largest absolute Gasteiger partial charge is 0.466 e. The fourth-order valence-electron chi connectivity index (χ4n) is 5.97. The Morgan fingerprint density at radius 3 is 2.88 bits per heavy atom. The van der Waals surface area contributed by atoms with Gasteiger partial charge in [-0.15, -0.1) is 11.8 Å². The number of fused-ring (bicyclic) bond motifs is 5. The molecule has 24 heavy (non-hydrogen) atoms. The van der Waals surface area contributed by atoms with E-state index in [1.165, 1.54) is 55.4 Å². The lowest BCUT2D eigenvalue weighted by Crippen LogP contribution is -2.39. The number of aryl methyl sites for hydroxylation is 1. The summed E-state index contributed by atoms with van der Waals surface area (Å²) in [5, 5.41) is 0. The van der Waals surface area contributed by atoms with Crippen LogP contribution in [0.15, 0.2) is 17.0 Å². The second-order valence-electron chi connectivity index (χ2n) is 8.25. The van der Waals surface area contributed by atoms with Crippen molar-refractivity contribution in [3.05, 3.63) is 23.3 Å². The van der Waals surface area contributed by atoms with E-state index in [0.29, 0.717) is 12.2 Å². The van der Waals surface area contributed by atoms with Gasteiger partial charge >= 0.3 is 0 Å². The molecule has 4 rings (SSSR count). The van der Waals surface area contributed by atoms with Crippen molar-refractivity contribution in [1.82, 2.24) is 0 Å². The van der Waals surface area contributed by atoms with Crippen molar-refractivity contribution in [3.8, 4) is 5.75 Å². The molecule has 0 N–H and O–H groups in total. The van der Waals surface area contributed by atoms with Crippen LogP contribution in [-0.4, -0.2) is 20.2 Å². The van der Waals surface area contributed by atoms with E-state index in [4.69, 9.17) is 9.47 Å². The van der Waals surface area contributed by atoms with Crippen molar-refractivity contribution < 1.29 is 9.47 Å². The molecule has 3 unspecified atom stereocenters. The van der Waals surface area contributed by atoms with Crippen LogP contribution >= 0.6 is 11.8 Å². The Balaban J connectivity index is 1.66. The van der Waals surface area contributed by atoms with Crippen molar-refractivity contribution in [2.24, 2.45) is 17.3 Å². The molecule has 132 valence electrons. The molecule has 4 atom stereocenters. The van der Waals surface area contributed by atoms with Gasteiger partial charge in [0.2, 0.25) is 0 Å². The van der Waals surface area contributed by atoms with E-state index in [1.807, 2.05) is 0 Å². The summed E-state index contributed by atoms with van der Waals surface area (Å²) in [7, 11) is 1.68. The number of hydrogen-bond donors (Lipinski definition) is 0. The summed E-state index contributed by atoms with van der Waals surface area (Å²) in [4.78, 5) is 1.27. The number of benzene rings is 1. The summed E-state index contributed by atoms with van der Waals surface area (Å²) >= 11 is 1.80. The molecule has 0 saturated heterocycles. The summed E-state index contributed by atoms with van der Waals surface area (Å²) in [6.45, 7) is 2.91. The summed E-state index contributed by atoms with van der Waals surface area (Å²) in [6, 6.07) is 4.75. The van der Waals surface area contributed by atoms with Crippen LogP contribution in [0.5, 0.6) is 5.75 Å². The first-order valence-electron chi connectivity index (χ1n) is 9.49. The highest BCUT2D eigenvalue weighted by Crippen LogP contribution is 2.61. The van der Waals surface area contributed by atoms with Gasteiger partial charge in [0, 0.05) is 12.0 Å². The Kier molecular flexibility index (Phi) is 4.59. The zero-order valence-electron chi connectivity index (χ0n) is 15.3. The van der Waals surface area contributed by atoms with Gasteiger partial charge in [-0.2, -0.15) is 0 Å². The SMILES string of the molecule is COCOc1cc2c(cc1SC)C1CC[C@]3(C)CCCC3C1CC2. The van der Waals surface area contributed by atoms with Crippen molar-refractivity contribution in [2.45, 2.75) is 62.7 Å². The Hall–Kier alpha value is -0.670. The first kappa shape index (κ1) is 16.8. The molecular formula is C21H30O2S. The highest BCUT2D eigenvalue weighted by atomic mass is 32.2. The maximum absolute atomic E-state index is 5.82. The second-order valence-corrected chi connectivity index (χ2v) is 9.10. The maximum Gasteiger partial charge on any atom is 0.188 e. The molecule has 1 aromatic carbocycles. The van der Waals surface area contributed by atoms with Crippen LogP contribution in [0, 0.1) is 17.3 Å². The standard InChI is InChI=1S/C21H30O2S/c1-21-9-4-5-18(21)16-7-6-14-11-19(23-13-22-2)20(24-3)12-17(14)15(16)8-10-21/h11-12,15-16,18H,4-10,13H2,1-3H3/t15?,16?,18?,21-/m0/s1. The van der Waals surface area contributed by atoms with Crippen LogP contribution in [0.4, 0.5) is 0 Å². The van der Waals surface area contributed by atoms with E-state index < -0.39 is 0 Å². The molecule has 0 aromatic heterocycles. The van der Waals surface area contributed by atoms with Gasteiger partial charge < -0.3 is 9.47 Å². The monoisotopic (exact) mass is 346 g/mol. The van der Waals surface area contributed by atoms with E-state index in [0.717, 1.165) is 23.5 Å². The van der Waals surface area contributed by atoms with Crippen LogP contribution in [0.3, 0.4) is 0 Å². The molecule has 0 heterocycles. The molecule has 3 aliphatic carbocycles. The lowest BCUT2D eigenvalue weighted by atomic mass is 9.56. The number of hydrogen-bond acceptors (Lipinski definition) is 3. The molecule has 2 saturated carbocycles. The van der Waals surface area contributed by atoms with Gasteiger partial charge in [0.05, 0.1) is 0 Å². The molecule has 3 aliphatic rings. The Morgan fingerprint density at radius 1 is 1.21 bits per heavy atom. The number of ether oxygens (including phenoxy) is 2. The Bertz CT molecular complexity index is 614. The number of thioether (sulfide) groups is 1. The van der Waals surface area contributed by atoms with E-state index in [9.17, 15) is 0 Å². The maximum atomic E-state index is 5.82. The van der Waals surface area contributed by atoms with Crippen LogP contribution in [0.25, 0.3) is 0 Å². The molecule has 2 nitrogen and oxygen atoms in total. The molecular weight excluding hydrogens is 316 g/mol. The Labute approximate surface area is 150 Å². The third-order valence-corrected chi connectivity index (χ3v) is 7.88. The van der Waals surface area contributed by atoms with Crippen LogP contribution in [-0.2, 0) is 11.2 Å². The normalized spacial score (nSPS) is 34.4. The number of methoxy groups -OCH3 is 1. The summed E-state index contributed by atoms with van der Waals surface area (Å²) < 4.78 is 10.9. The minimum absolute atomic E-state index is 0.332. The molecule has 1 aromatic rings. The predicted molar refractivity (Wildman–Crippen MR) is 100.0 cm³/mol. The van der Waals surface area contributed by atoms with Crippen LogP contribution < -0.4 is 4.74 Å². The van der Waals surface area contributed by atoms with Crippen molar-refractivity contribution in [3.63, 3.8) is 0 Å². The molecule has 0 amide bonds. The summed E-state index contributed by atoms with van der Waals surface area (Å²) in [5.74, 6) is 3.67.